The molecule has 0 aromatic carbocycles. The van der Waals surface area contributed by atoms with Crippen molar-refractivity contribution in [3.63, 3.8) is 0 Å². The molecule has 108 valence electrons. The fourth-order valence-electron chi connectivity index (χ4n) is 2.59. The SMILES string of the molecule is CCC(C)(C(O)c1c(Br)nnn1C)N1CCOCC1. The number of aliphatic hydroxyl groups excluding tert-OH is 1. The lowest BCUT2D eigenvalue weighted by Crippen LogP contribution is -2.55. The lowest BCUT2D eigenvalue weighted by atomic mass is 9.87. The van der Waals surface area contributed by atoms with E-state index in [1.165, 1.54) is 0 Å². The number of aliphatic hydroxyl groups is 1. The van der Waals surface area contributed by atoms with Crippen LogP contribution in [0.15, 0.2) is 4.60 Å². The molecule has 0 bridgehead atoms. The number of morpholine rings is 1. The lowest BCUT2D eigenvalue weighted by molar-refractivity contribution is -0.0758. The van der Waals surface area contributed by atoms with Gasteiger partial charge >= 0.3 is 0 Å². The van der Waals surface area contributed by atoms with E-state index < -0.39 is 6.10 Å². The Morgan fingerprint density at radius 3 is 2.58 bits per heavy atom. The van der Waals surface area contributed by atoms with Crippen molar-refractivity contribution < 1.29 is 9.84 Å². The molecule has 1 aromatic rings. The van der Waals surface area contributed by atoms with E-state index >= 15 is 0 Å². The molecule has 0 saturated carbocycles. The van der Waals surface area contributed by atoms with E-state index in [0.29, 0.717) is 17.8 Å². The third kappa shape index (κ3) is 2.69. The van der Waals surface area contributed by atoms with Crippen molar-refractivity contribution in [3.8, 4) is 0 Å². The molecule has 0 radical (unpaired) electrons. The smallest absolute Gasteiger partial charge is 0.154 e. The van der Waals surface area contributed by atoms with Crippen molar-refractivity contribution in [2.75, 3.05) is 26.3 Å². The summed E-state index contributed by atoms with van der Waals surface area (Å²) in [6, 6.07) is 0. The number of hydrogen-bond donors (Lipinski definition) is 1. The van der Waals surface area contributed by atoms with Gasteiger partial charge in [-0.1, -0.05) is 12.1 Å². The minimum absolute atomic E-state index is 0.345. The molecule has 2 unspecified atom stereocenters. The third-order valence-corrected chi connectivity index (χ3v) is 4.69. The van der Waals surface area contributed by atoms with Crippen molar-refractivity contribution >= 4 is 15.9 Å². The van der Waals surface area contributed by atoms with Gasteiger partial charge in [-0.25, -0.2) is 4.68 Å². The topological polar surface area (TPSA) is 63.4 Å². The Morgan fingerprint density at radius 1 is 1.47 bits per heavy atom. The first-order valence-electron chi connectivity index (χ1n) is 6.56. The Hall–Kier alpha value is -0.500. The van der Waals surface area contributed by atoms with Gasteiger partial charge in [0, 0.05) is 25.7 Å². The summed E-state index contributed by atoms with van der Waals surface area (Å²) in [5.74, 6) is 0. The molecular weight excluding hydrogens is 312 g/mol. The Kier molecular flexibility index (Phi) is 4.60. The van der Waals surface area contributed by atoms with Gasteiger partial charge in [0.15, 0.2) is 4.60 Å². The zero-order chi connectivity index (χ0) is 14.0. The third-order valence-electron chi connectivity index (χ3n) is 4.12. The highest BCUT2D eigenvalue weighted by atomic mass is 79.9. The van der Waals surface area contributed by atoms with Crippen LogP contribution in [0.2, 0.25) is 0 Å². The predicted molar refractivity (Wildman–Crippen MR) is 74.8 cm³/mol. The second kappa shape index (κ2) is 5.87. The molecule has 1 aliphatic heterocycles. The maximum atomic E-state index is 10.8. The summed E-state index contributed by atoms with van der Waals surface area (Å²) in [5.41, 5.74) is 0.373. The highest BCUT2D eigenvalue weighted by Gasteiger charge is 2.41. The van der Waals surface area contributed by atoms with Crippen molar-refractivity contribution in [3.05, 3.63) is 10.3 Å². The van der Waals surface area contributed by atoms with Gasteiger partial charge < -0.3 is 9.84 Å². The van der Waals surface area contributed by atoms with Gasteiger partial charge in [0.2, 0.25) is 0 Å². The number of rotatable bonds is 4. The average Bonchev–Trinajstić information content (AvgIpc) is 2.77. The Balaban J connectivity index is 2.29. The summed E-state index contributed by atoms with van der Waals surface area (Å²) in [4.78, 5) is 2.29. The molecule has 19 heavy (non-hydrogen) atoms. The first kappa shape index (κ1) is 14.9. The summed E-state index contributed by atoms with van der Waals surface area (Å²) in [6.45, 7) is 7.29. The zero-order valence-corrected chi connectivity index (χ0v) is 13.2. The standard InChI is InChI=1S/C12H21BrN4O2/c1-4-12(2,17-5-7-19-8-6-17)10(18)9-11(13)14-15-16(9)3/h10,18H,4-8H2,1-3H3. The molecule has 2 atom stereocenters. The van der Waals surface area contributed by atoms with E-state index in [-0.39, 0.29) is 5.54 Å². The Labute approximate surface area is 121 Å². The summed E-state index contributed by atoms with van der Waals surface area (Å²) in [5, 5.41) is 18.7. The van der Waals surface area contributed by atoms with Crippen LogP contribution in [0.1, 0.15) is 32.1 Å². The summed E-state index contributed by atoms with van der Waals surface area (Å²) >= 11 is 3.37. The highest BCUT2D eigenvalue weighted by molar-refractivity contribution is 9.10. The predicted octanol–water partition coefficient (Wildman–Crippen LogP) is 1.11. The van der Waals surface area contributed by atoms with Crippen molar-refractivity contribution in [2.24, 2.45) is 7.05 Å². The first-order valence-corrected chi connectivity index (χ1v) is 7.36. The number of hydrogen-bond acceptors (Lipinski definition) is 5. The van der Waals surface area contributed by atoms with E-state index in [2.05, 4.69) is 45.0 Å². The molecular formula is C12H21BrN4O2. The fraction of sp³-hybridized carbons (Fsp3) is 0.833. The zero-order valence-electron chi connectivity index (χ0n) is 11.6. The monoisotopic (exact) mass is 332 g/mol. The van der Waals surface area contributed by atoms with Crippen LogP contribution in [-0.4, -0.2) is 56.8 Å². The number of nitrogens with zero attached hydrogens (tertiary/aromatic N) is 4. The molecule has 1 saturated heterocycles. The van der Waals surface area contributed by atoms with Crippen LogP contribution in [0.5, 0.6) is 0 Å². The summed E-state index contributed by atoms with van der Waals surface area (Å²) in [6.07, 6.45) is 0.191. The first-order chi connectivity index (χ1) is 9.00. The minimum atomic E-state index is -0.648. The number of halogens is 1. The quantitative estimate of drug-likeness (QED) is 0.894. The van der Waals surface area contributed by atoms with E-state index in [9.17, 15) is 5.11 Å². The molecule has 0 aliphatic carbocycles. The maximum Gasteiger partial charge on any atom is 0.154 e. The Morgan fingerprint density at radius 2 is 2.11 bits per heavy atom. The van der Waals surface area contributed by atoms with Crippen LogP contribution in [-0.2, 0) is 11.8 Å². The van der Waals surface area contributed by atoms with E-state index in [4.69, 9.17) is 4.74 Å². The van der Waals surface area contributed by atoms with Crippen LogP contribution >= 0.6 is 15.9 Å². The second-order valence-electron chi connectivity index (χ2n) is 5.10. The van der Waals surface area contributed by atoms with Crippen molar-refractivity contribution in [1.82, 2.24) is 19.9 Å². The molecule has 1 aromatic heterocycles. The summed E-state index contributed by atoms with van der Waals surface area (Å²) < 4.78 is 7.63. The normalized spacial score (nSPS) is 22.2. The second-order valence-corrected chi connectivity index (χ2v) is 5.85. The molecule has 1 fully saturated rings. The van der Waals surface area contributed by atoms with Gasteiger partial charge in [-0.15, -0.1) is 5.10 Å². The number of aryl methyl sites for hydroxylation is 1. The largest absolute Gasteiger partial charge is 0.385 e. The molecule has 1 aliphatic rings. The minimum Gasteiger partial charge on any atom is -0.385 e. The Bertz CT molecular complexity index is 414. The van der Waals surface area contributed by atoms with Crippen LogP contribution in [0, 0.1) is 0 Å². The van der Waals surface area contributed by atoms with Crippen LogP contribution in [0.4, 0.5) is 0 Å². The van der Waals surface area contributed by atoms with Gasteiger partial charge in [0.05, 0.1) is 13.2 Å². The van der Waals surface area contributed by atoms with Gasteiger partial charge in [0.1, 0.15) is 11.8 Å². The molecule has 2 heterocycles. The lowest BCUT2D eigenvalue weighted by Gasteiger charge is -2.45. The molecule has 1 N–H and O–H groups in total. The van der Waals surface area contributed by atoms with E-state index in [0.717, 1.165) is 25.2 Å². The maximum absolute atomic E-state index is 10.8. The number of aromatic nitrogens is 3. The molecule has 0 amide bonds. The van der Waals surface area contributed by atoms with Crippen molar-refractivity contribution in [1.29, 1.82) is 0 Å². The van der Waals surface area contributed by atoms with Gasteiger partial charge in [0.25, 0.3) is 0 Å². The van der Waals surface area contributed by atoms with Gasteiger partial charge in [-0.2, -0.15) is 0 Å². The van der Waals surface area contributed by atoms with Gasteiger partial charge in [-0.3, -0.25) is 4.90 Å². The molecule has 6 nitrogen and oxygen atoms in total. The average molecular weight is 333 g/mol. The number of ether oxygens (including phenoxy) is 1. The molecule has 7 heteroatoms. The van der Waals surface area contributed by atoms with E-state index in [1.807, 2.05) is 0 Å². The summed E-state index contributed by atoms with van der Waals surface area (Å²) in [7, 11) is 1.80. The fourth-order valence-corrected chi connectivity index (χ4v) is 3.13. The van der Waals surface area contributed by atoms with Crippen LogP contribution < -0.4 is 0 Å². The van der Waals surface area contributed by atoms with Crippen LogP contribution in [0.25, 0.3) is 0 Å². The highest BCUT2D eigenvalue weighted by Crippen LogP contribution is 2.36. The molecule has 2 rings (SSSR count). The van der Waals surface area contributed by atoms with Crippen molar-refractivity contribution in [2.45, 2.75) is 31.9 Å². The van der Waals surface area contributed by atoms with Gasteiger partial charge in [-0.05, 0) is 29.3 Å². The molecule has 0 spiro atoms. The van der Waals surface area contributed by atoms with E-state index in [1.54, 1.807) is 11.7 Å². The van der Waals surface area contributed by atoms with Crippen LogP contribution in [0.3, 0.4) is 0 Å².